The Morgan fingerprint density at radius 2 is 1.77 bits per heavy atom. The molecule has 1 unspecified atom stereocenters. The summed E-state index contributed by atoms with van der Waals surface area (Å²) < 4.78 is 11.1. The number of benzene rings is 2. The molecule has 0 saturated carbocycles. The molecule has 1 fully saturated rings. The van der Waals surface area contributed by atoms with Crippen LogP contribution < -0.4 is 4.74 Å². The minimum atomic E-state index is -0.799. The molecule has 1 saturated heterocycles. The summed E-state index contributed by atoms with van der Waals surface area (Å²) in [7, 11) is 0. The maximum Gasteiger partial charge on any atom is 0.119 e. The van der Waals surface area contributed by atoms with Crippen molar-refractivity contribution >= 4 is 35.6 Å². The van der Waals surface area contributed by atoms with E-state index < -0.39 is 6.10 Å². The van der Waals surface area contributed by atoms with Crippen LogP contribution >= 0.6 is 35.6 Å². The second kappa shape index (κ2) is 10.4. The highest BCUT2D eigenvalue weighted by molar-refractivity contribution is 6.35. The normalized spacial score (nSPS) is 16.0. The minimum absolute atomic E-state index is 0. The highest BCUT2D eigenvalue weighted by atomic mass is 35.5. The number of aliphatic hydroxyl groups is 1. The number of nitrogens with zero attached hydrogens (tertiary/aromatic N) is 1. The number of morpholine rings is 1. The summed E-state index contributed by atoms with van der Waals surface area (Å²) in [6.07, 6.45) is -0.799. The molecular formula is C19H22Cl3NO3. The lowest BCUT2D eigenvalue weighted by molar-refractivity contribution is 0.0322. The predicted octanol–water partition coefficient (Wildman–Crippen LogP) is 4.21. The summed E-state index contributed by atoms with van der Waals surface area (Å²) in [5.74, 6) is 0.784. The van der Waals surface area contributed by atoms with E-state index in [-0.39, 0.29) is 12.4 Å². The topological polar surface area (TPSA) is 41.9 Å². The third-order valence-electron chi connectivity index (χ3n) is 4.23. The summed E-state index contributed by atoms with van der Waals surface area (Å²) in [6, 6.07) is 12.5. The van der Waals surface area contributed by atoms with E-state index in [1.54, 1.807) is 18.2 Å². The van der Waals surface area contributed by atoms with Gasteiger partial charge in [0.05, 0.1) is 13.2 Å². The molecular weight excluding hydrogens is 397 g/mol. The lowest BCUT2D eigenvalue weighted by Gasteiger charge is -2.26. The Labute approximate surface area is 170 Å². The zero-order chi connectivity index (χ0) is 17.6. The first-order valence-corrected chi connectivity index (χ1v) is 9.05. The number of ether oxygens (including phenoxy) is 2. The van der Waals surface area contributed by atoms with Crippen LogP contribution in [0.3, 0.4) is 0 Å². The van der Waals surface area contributed by atoms with Crippen molar-refractivity contribution in [2.45, 2.75) is 6.10 Å². The summed E-state index contributed by atoms with van der Waals surface area (Å²) in [5, 5.41) is 11.5. The molecule has 142 valence electrons. The van der Waals surface area contributed by atoms with E-state index in [2.05, 4.69) is 4.90 Å². The molecule has 26 heavy (non-hydrogen) atoms. The molecule has 7 heteroatoms. The van der Waals surface area contributed by atoms with Gasteiger partial charge in [0.25, 0.3) is 0 Å². The maximum absolute atomic E-state index is 10.5. The van der Waals surface area contributed by atoms with Gasteiger partial charge in [-0.2, -0.15) is 0 Å². The van der Waals surface area contributed by atoms with Gasteiger partial charge in [0.15, 0.2) is 0 Å². The Morgan fingerprint density at radius 3 is 2.42 bits per heavy atom. The van der Waals surface area contributed by atoms with Crippen molar-refractivity contribution in [1.29, 1.82) is 0 Å². The molecule has 0 spiro atoms. The van der Waals surface area contributed by atoms with Crippen molar-refractivity contribution in [3.05, 3.63) is 63.6 Å². The Hall–Kier alpha value is -1.01. The van der Waals surface area contributed by atoms with Crippen molar-refractivity contribution in [3.63, 3.8) is 0 Å². The highest BCUT2D eigenvalue weighted by Gasteiger charge is 2.14. The molecule has 0 amide bonds. The van der Waals surface area contributed by atoms with Crippen LogP contribution in [0.15, 0.2) is 42.5 Å². The third-order valence-corrected chi connectivity index (χ3v) is 4.80. The molecule has 1 atom stereocenters. The summed E-state index contributed by atoms with van der Waals surface area (Å²) >= 11 is 12.1. The van der Waals surface area contributed by atoms with Gasteiger partial charge in [0.1, 0.15) is 18.5 Å². The average molecular weight is 419 g/mol. The van der Waals surface area contributed by atoms with E-state index >= 15 is 0 Å². The average Bonchev–Trinajstić information content (AvgIpc) is 2.63. The molecule has 4 nitrogen and oxygen atoms in total. The standard InChI is InChI=1S/C19H21Cl2NO3.ClH/c20-15-3-6-17(18(21)13-15)19(23)14-1-4-16(5-2-14)25-12-9-22-7-10-24-11-8-22;/h1-6,13,19,23H,7-12H2;1H. The Balaban J connectivity index is 0.00000243. The van der Waals surface area contributed by atoms with E-state index in [4.69, 9.17) is 32.7 Å². The fraction of sp³-hybridized carbons (Fsp3) is 0.368. The number of hydrogen-bond acceptors (Lipinski definition) is 4. The Morgan fingerprint density at radius 1 is 1.08 bits per heavy atom. The molecule has 1 heterocycles. The zero-order valence-corrected chi connectivity index (χ0v) is 16.6. The van der Waals surface area contributed by atoms with Gasteiger partial charge in [-0.3, -0.25) is 4.90 Å². The van der Waals surface area contributed by atoms with E-state index in [0.717, 1.165) is 44.2 Å². The van der Waals surface area contributed by atoms with Crippen LogP contribution in [0.25, 0.3) is 0 Å². The van der Waals surface area contributed by atoms with Crippen molar-refractivity contribution in [3.8, 4) is 5.75 Å². The SMILES string of the molecule is Cl.OC(c1ccc(OCCN2CCOCC2)cc1)c1ccc(Cl)cc1Cl. The third kappa shape index (κ3) is 5.74. The van der Waals surface area contributed by atoms with Crippen LogP contribution in [0.5, 0.6) is 5.75 Å². The molecule has 2 aromatic carbocycles. The van der Waals surface area contributed by atoms with Gasteiger partial charge in [0.2, 0.25) is 0 Å². The second-order valence-corrected chi connectivity index (χ2v) is 6.78. The first-order valence-electron chi connectivity index (χ1n) is 8.29. The van der Waals surface area contributed by atoms with E-state index in [1.807, 2.05) is 24.3 Å². The Kier molecular flexibility index (Phi) is 8.48. The number of rotatable bonds is 6. The van der Waals surface area contributed by atoms with Gasteiger partial charge in [-0.25, -0.2) is 0 Å². The van der Waals surface area contributed by atoms with E-state index in [1.165, 1.54) is 0 Å². The fourth-order valence-corrected chi connectivity index (χ4v) is 3.28. The largest absolute Gasteiger partial charge is 0.492 e. The van der Waals surface area contributed by atoms with Crippen LogP contribution in [0.1, 0.15) is 17.2 Å². The predicted molar refractivity (Wildman–Crippen MR) is 107 cm³/mol. The molecule has 0 radical (unpaired) electrons. The van der Waals surface area contributed by atoms with Crippen LogP contribution in [0, 0.1) is 0 Å². The zero-order valence-electron chi connectivity index (χ0n) is 14.2. The van der Waals surface area contributed by atoms with Crippen molar-refractivity contribution in [2.24, 2.45) is 0 Å². The quantitative estimate of drug-likeness (QED) is 0.763. The molecule has 2 aromatic rings. The van der Waals surface area contributed by atoms with Crippen LogP contribution in [0.4, 0.5) is 0 Å². The monoisotopic (exact) mass is 417 g/mol. The number of hydrogen-bond donors (Lipinski definition) is 1. The number of halogens is 3. The van der Waals surface area contributed by atoms with Crippen LogP contribution in [-0.4, -0.2) is 49.5 Å². The smallest absolute Gasteiger partial charge is 0.119 e. The van der Waals surface area contributed by atoms with Gasteiger partial charge in [0, 0.05) is 35.2 Å². The molecule has 1 N–H and O–H groups in total. The van der Waals surface area contributed by atoms with Crippen molar-refractivity contribution in [2.75, 3.05) is 39.5 Å². The van der Waals surface area contributed by atoms with Crippen molar-refractivity contribution in [1.82, 2.24) is 4.90 Å². The van der Waals surface area contributed by atoms with Crippen LogP contribution in [-0.2, 0) is 4.74 Å². The summed E-state index contributed by atoms with van der Waals surface area (Å²) in [4.78, 5) is 2.32. The summed E-state index contributed by atoms with van der Waals surface area (Å²) in [5.41, 5.74) is 1.39. The first kappa shape index (κ1) is 21.3. The van der Waals surface area contributed by atoms with Gasteiger partial charge in [-0.1, -0.05) is 41.4 Å². The minimum Gasteiger partial charge on any atom is -0.492 e. The highest BCUT2D eigenvalue weighted by Crippen LogP contribution is 2.31. The molecule has 3 rings (SSSR count). The molecule has 1 aliphatic rings. The van der Waals surface area contributed by atoms with Crippen molar-refractivity contribution < 1.29 is 14.6 Å². The lowest BCUT2D eigenvalue weighted by atomic mass is 10.0. The Bertz CT molecular complexity index is 691. The van der Waals surface area contributed by atoms with Gasteiger partial charge >= 0.3 is 0 Å². The molecule has 0 aromatic heterocycles. The van der Waals surface area contributed by atoms with Gasteiger partial charge < -0.3 is 14.6 Å². The summed E-state index contributed by atoms with van der Waals surface area (Å²) in [6.45, 7) is 5.01. The molecule has 1 aliphatic heterocycles. The first-order chi connectivity index (χ1) is 12.1. The van der Waals surface area contributed by atoms with E-state index in [9.17, 15) is 5.11 Å². The number of aliphatic hydroxyl groups excluding tert-OH is 1. The van der Waals surface area contributed by atoms with Crippen LogP contribution in [0.2, 0.25) is 10.0 Å². The van der Waals surface area contributed by atoms with Gasteiger partial charge in [-0.15, -0.1) is 12.4 Å². The van der Waals surface area contributed by atoms with E-state index in [0.29, 0.717) is 22.2 Å². The molecule has 0 bridgehead atoms. The lowest BCUT2D eigenvalue weighted by Crippen LogP contribution is -2.38. The molecule has 0 aliphatic carbocycles. The second-order valence-electron chi connectivity index (χ2n) is 5.94. The maximum atomic E-state index is 10.5. The van der Waals surface area contributed by atoms with Gasteiger partial charge in [-0.05, 0) is 29.8 Å². The fourth-order valence-electron chi connectivity index (χ4n) is 2.77.